The average Bonchev–Trinajstić information content (AvgIpc) is 2.50. The van der Waals surface area contributed by atoms with Gasteiger partial charge in [0.2, 0.25) is 0 Å². The van der Waals surface area contributed by atoms with Gasteiger partial charge in [-0.15, -0.1) is 0 Å². The summed E-state index contributed by atoms with van der Waals surface area (Å²) in [5.74, 6) is 1.09. The monoisotopic (exact) mass is 190 g/mol. The van der Waals surface area contributed by atoms with Crippen molar-refractivity contribution in [3.05, 3.63) is 29.8 Å². The second-order valence-corrected chi connectivity index (χ2v) is 3.17. The number of phenolic OH excluding ortho intramolecular Hbond substituents is 1. The quantitative estimate of drug-likeness (QED) is 0.720. The first-order chi connectivity index (χ1) is 6.65. The van der Waals surface area contributed by atoms with Crippen LogP contribution in [0.3, 0.4) is 0 Å². The molecule has 3 N–H and O–H groups in total. The van der Waals surface area contributed by atoms with E-state index >= 15 is 0 Å². The van der Waals surface area contributed by atoms with Crippen LogP contribution in [0.1, 0.15) is 5.56 Å². The van der Waals surface area contributed by atoms with Gasteiger partial charge in [0.05, 0.1) is 0 Å². The number of aromatic nitrogens is 1. The minimum atomic E-state index is 0.204. The largest absolute Gasteiger partial charge is 0.508 e. The smallest absolute Gasteiger partial charge is 0.169 e. The molecule has 0 atom stereocenters. The average molecular weight is 190 g/mol. The summed E-state index contributed by atoms with van der Waals surface area (Å²) >= 11 is 0. The first-order valence-corrected chi connectivity index (χ1v) is 4.18. The van der Waals surface area contributed by atoms with Gasteiger partial charge in [-0.3, -0.25) is 0 Å². The molecular weight excluding hydrogens is 180 g/mol. The lowest BCUT2D eigenvalue weighted by Gasteiger charge is -1.99. The van der Waals surface area contributed by atoms with Gasteiger partial charge < -0.3 is 15.4 Å². The number of nitrogens with two attached hydrogens (primary N) is 1. The molecule has 1 aromatic carbocycles. The molecule has 0 aliphatic heterocycles. The Kier molecular flexibility index (Phi) is 1.89. The highest BCUT2D eigenvalue weighted by atomic mass is 16.5. The summed E-state index contributed by atoms with van der Waals surface area (Å²) in [4.78, 5) is 0. The van der Waals surface area contributed by atoms with Gasteiger partial charge in [0.15, 0.2) is 11.6 Å². The zero-order valence-corrected chi connectivity index (χ0v) is 7.69. The molecule has 4 nitrogen and oxygen atoms in total. The third kappa shape index (κ3) is 1.54. The van der Waals surface area contributed by atoms with Crippen molar-refractivity contribution in [2.75, 3.05) is 5.73 Å². The fraction of sp³-hybridized carbons (Fsp3) is 0.100. The molecule has 0 fully saturated rings. The number of nitrogen functional groups attached to an aromatic ring is 1. The van der Waals surface area contributed by atoms with Gasteiger partial charge in [0, 0.05) is 11.6 Å². The molecule has 0 saturated heterocycles. The molecular formula is C10H10N2O2. The van der Waals surface area contributed by atoms with E-state index in [1.54, 1.807) is 18.2 Å². The molecule has 0 saturated carbocycles. The van der Waals surface area contributed by atoms with Crippen molar-refractivity contribution in [3.63, 3.8) is 0 Å². The van der Waals surface area contributed by atoms with Crippen LogP contribution < -0.4 is 5.73 Å². The Labute approximate surface area is 81.0 Å². The van der Waals surface area contributed by atoms with Crippen LogP contribution in [-0.2, 0) is 0 Å². The Morgan fingerprint density at radius 3 is 2.64 bits per heavy atom. The van der Waals surface area contributed by atoms with Gasteiger partial charge in [0.1, 0.15) is 5.75 Å². The Hall–Kier alpha value is -1.97. The summed E-state index contributed by atoms with van der Waals surface area (Å²) in [6.07, 6.45) is 0. The Morgan fingerprint density at radius 1 is 1.29 bits per heavy atom. The maximum Gasteiger partial charge on any atom is 0.169 e. The van der Waals surface area contributed by atoms with E-state index in [0.717, 1.165) is 11.1 Å². The van der Waals surface area contributed by atoms with Crippen LogP contribution in [0, 0.1) is 6.92 Å². The predicted octanol–water partition coefficient (Wildman–Crippen LogP) is 1.94. The molecule has 0 spiro atoms. The van der Waals surface area contributed by atoms with Crippen LogP contribution >= 0.6 is 0 Å². The summed E-state index contributed by atoms with van der Waals surface area (Å²) in [5.41, 5.74) is 7.15. The molecule has 2 aromatic rings. The van der Waals surface area contributed by atoms with Crippen molar-refractivity contribution >= 4 is 5.82 Å². The summed E-state index contributed by atoms with van der Waals surface area (Å²) in [6, 6.07) is 6.78. The van der Waals surface area contributed by atoms with E-state index in [9.17, 15) is 5.11 Å². The molecule has 4 heteroatoms. The molecule has 1 heterocycles. The highest BCUT2D eigenvalue weighted by Crippen LogP contribution is 2.26. The van der Waals surface area contributed by atoms with Crippen molar-refractivity contribution < 1.29 is 9.63 Å². The Balaban J connectivity index is 2.51. The van der Waals surface area contributed by atoms with Crippen LogP contribution in [0.5, 0.6) is 5.75 Å². The van der Waals surface area contributed by atoms with E-state index < -0.39 is 0 Å². The fourth-order valence-electron chi connectivity index (χ4n) is 1.33. The molecule has 0 aliphatic carbocycles. The molecule has 0 unspecified atom stereocenters. The van der Waals surface area contributed by atoms with Crippen LogP contribution in [0.2, 0.25) is 0 Å². The van der Waals surface area contributed by atoms with Gasteiger partial charge in [-0.25, -0.2) is 0 Å². The Bertz CT molecular complexity index is 443. The summed E-state index contributed by atoms with van der Waals surface area (Å²) in [7, 11) is 0. The van der Waals surface area contributed by atoms with Gasteiger partial charge in [-0.1, -0.05) is 5.16 Å². The SMILES string of the molecule is Cc1cc(O)cc(-c2cc(N)no2)c1. The number of nitrogens with zero attached hydrogens (tertiary/aromatic N) is 1. The third-order valence-electron chi connectivity index (χ3n) is 1.88. The summed E-state index contributed by atoms with van der Waals surface area (Å²) in [6.45, 7) is 1.89. The van der Waals surface area contributed by atoms with E-state index in [-0.39, 0.29) is 5.75 Å². The second-order valence-electron chi connectivity index (χ2n) is 3.17. The number of hydrogen-bond acceptors (Lipinski definition) is 4. The first-order valence-electron chi connectivity index (χ1n) is 4.18. The number of hydrogen-bond donors (Lipinski definition) is 2. The molecule has 0 radical (unpaired) electrons. The molecule has 72 valence electrons. The van der Waals surface area contributed by atoms with Crippen molar-refractivity contribution in [1.82, 2.24) is 5.16 Å². The van der Waals surface area contributed by atoms with Gasteiger partial charge in [-0.2, -0.15) is 0 Å². The van der Waals surface area contributed by atoms with Crippen molar-refractivity contribution in [1.29, 1.82) is 0 Å². The van der Waals surface area contributed by atoms with E-state index in [2.05, 4.69) is 5.16 Å². The molecule has 1 aromatic heterocycles. The van der Waals surface area contributed by atoms with E-state index in [1.165, 1.54) is 0 Å². The normalized spacial score (nSPS) is 10.4. The van der Waals surface area contributed by atoms with Crippen LogP contribution in [0.25, 0.3) is 11.3 Å². The highest BCUT2D eigenvalue weighted by Gasteiger charge is 2.06. The lowest BCUT2D eigenvalue weighted by Crippen LogP contribution is -1.80. The first kappa shape index (κ1) is 8.62. The topological polar surface area (TPSA) is 72.3 Å². The summed E-state index contributed by atoms with van der Waals surface area (Å²) < 4.78 is 4.97. The number of aromatic hydroxyl groups is 1. The lowest BCUT2D eigenvalue weighted by molar-refractivity contribution is 0.435. The molecule has 2 rings (SSSR count). The van der Waals surface area contributed by atoms with Crippen LogP contribution in [0.4, 0.5) is 5.82 Å². The zero-order valence-electron chi connectivity index (χ0n) is 7.69. The van der Waals surface area contributed by atoms with Gasteiger partial charge >= 0.3 is 0 Å². The maximum atomic E-state index is 9.37. The number of rotatable bonds is 1. The minimum Gasteiger partial charge on any atom is -0.508 e. The predicted molar refractivity (Wildman–Crippen MR) is 52.8 cm³/mol. The van der Waals surface area contributed by atoms with Crippen molar-refractivity contribution in [2.24, 2.45) is 0 Å². The Morgan fingerprint density at radius 2 is 2.07 bits per heavy atom. The minimum absolute atomic E-state index is 0.204. The zero-order chi connectivity index (χ0) is 10.1. The third-order valence-corrected chi connectivity index (χ3v) is 1.88. The van der Waals surface area contributed by atoms with E-state index in [1.807, 2.05) is 13.0 Å². The van der Waals surface area contributed by atoms with E-state index in [0.29, 0.717) is 11.6 Å². The molecule has 0 aliphatic rings. The van der Waals surface area contributed by atoms with E-state index in [4.69, 9.17) is 10.3 Å². The number of benzene rings is 1. The van der Waals surface area contributed by atoms with Crippen LogP contribution in [-0.4, -0.2) is 10.3 Å². The summed E-state index contributed by atoms with van der Waals surface area (Å²) in [5, 5.41) is 12.9. The second kappa shape index (κ2) is 3.06. The fourth-order valence-corrected chi connectivity index (χ4v) is 1.33. The molecule has 14 heavy (non-hydrogen) atoms. The number of aryl methyl sites for hydroxylation is 1. The molecule has 0 bridgehead atoms. The molecule has 0 amide bonds. The van der Waals surface area contributed by atoms with Crippen LogP contribution in [0.15, 0.2) is 28.8 Å². The highest BCUT2D eigenvalue weighted by molar-refractivity contribution is 5.62. The lowest BCUT2D eigenvalue weighted by atomic mass is 10.1. The standard InChI is InChI=1S/C10H10N2O2/c1-6-2-7(4-8(13)3-6)9-5-10(11)12-14-9/h2-5,13H,1H3,(H2,11,12). The van der Waals surface area contributed by atoms with Crippen molar-refractivity contribution in [2.45, 2.75) is 6.92 Å². The number of phenols is 1. The number of anilines is 1. The maximum absolute atomic E-state index is 9.37. The van der Waals surface area contributed by atoms with Crippen molar-refractivity contribution in [3.8, 4) is 17.1 Å². The van der Waals surface area contributed by atoms with Gasteiger partial charge in [-0.05, 0) is 30.7 Å². The van der Waals surface area contributed by atoms with Gasteiger partial charge in [0.25, 0.3) is 0 Å².